The standard InChI is InChI=1S/C29H36N4O5/c1-19-7-8-22-14-26(19)38-24-6-4-5-21(13-24)18-37-27-16-33(23-9-11-32(12-10-23)20(2)34)15-25(27)30-28(35)17-31(3)29(22)36/h4-8,13-14,23,25,27H,9-12,15-18H2,1-3H3,(H,30,35)/t25-,27-/m0/s1. The Balaban J connectivity index is 1.37. The van der Waals surface area contributed by atoms with E-state index in [4.69, 9.17) is 9.47 Å². The van der Waals surface area contributed by atoms with E-state index in [1.54, 1.807) is 26.1 Å². The van der Waals surface area contributed by atoms with E-state index in [9.17, 15) is 14.4 Å². The zero-order valence-corrected chi connectivity index (χ0v) is 22.3. The lowest BCUT2D eigenvalue weighted by Gasteiger charge is -2.36. The first-order chi connectivity index (χ1) is 18.3. The van der Waals surface area contributed by atoms with Crippen LogP contribution in [0.15, 0.2) is 42.5 Å². The van der Waals surface area contributed by atoms with E-state index in [1.807, 2.05) is 42.2 Å². The molecule has 3 amide bonds. The molecule has 0 saturated carbocycles. The van der Waals surface area contributed by atoms with Crippen LogP contribution in [0.3, 0.4) is 0 Å². The quantitative estimate of drug-likeness (QED) is 0.622. The first-order valence-corrected chi connectivity index (χ1v) is 13.3. The number of nitrogens with zero attached hydrogens (tertiary/aromatic N) is 3. The maximum absolute atomic E-state index is 13.1. The molecule has 3 heterocycles. The van der Waals surface area contributed by atoms with Gasteiger partial charge in [-0.25, -0.2) is 0 Å². The van der Waals surface area contributed by atoms with Gasteiger partial charge >= 0.3 is 0 Å². The number of amides is 3. The van der Waals surface area contributed by atoms with Crippen molar-refractivity contribution in [1.29, 1.82) is 0 Å². The van der Waals surface area contributed by atoms with Crippen LogP contribution in [-0.2, 0) is 20.9 Å². The molecule has 0 aliphatic carbocycles. The van der Waals surface area contributed by atoms with Crippen LogP contribution in [0, 0.1) is 6.92 Å². The average Bonchev–Trinajstić information content (AvgIpc) is 3.30. The fourth-order valence-electron chi connectivity index (χ4n) is 5.59. The number of carbonyl (C=O) groups is 3. The SMILES string of the molecule is CC(=O)N1CCC(N2C[C@@H]3NC(=O)CN(C)C(=O)c4ccc(C)c(c4)Oc4cccc(c4)CO[C@H]3C2)CC1. The molecular weight excluding hydrogens is 484 g/mol. The van der Waals surface area contributed by atoms with Crippen molar-refractivity contribution in [3.8, 4) is 11.5 Å². The third-order valence-electron chi connectivity index (χ3n) is 7.82. The van der Waals surface area contributed by atoms with E-state index in [1.165, 1.54) is 4.90 Å². The Morgan fingerprint density at radius 3 is 2.61 bits per heavy atom. The highest BCUT2D eigenvalue weighted by Gasteiger charge is 2.39. The third kappa shape index (κ3) is 5.84. The summed E-state index contributed by atoms with van der Waals surface area (Å²) in [6.45, 7) is 6.75. The van der Waals surface area contributed by atoms with Crippen molar-refractivity contribution in [3.05, 3.63) is 59.2 Å². The molecule has 0 radical (unpaired) electrons. The molecule has 9 heteroatoms. The zero-order chi connectivity index (χ0) is 26.8. The van der Waals surface area contributed by atoms with Crippen molar-refractivity contribution in [1.82, 2.24) is 20.0 Å². The Hall–Kier alpha value is -3.43. The minimum Gasteiger partial charge on any atom is -0.457 e. The molecule has 38 heavy (non-hydrogen) atoms. The number of rotatable bonds is 1. The molecule has 4 bridgehead atoms. The van der Waals surface area contributed by atoms with E-state index in [2.05, 4.69) is 10.2 Å². The Labute approximate surface area is 223 Å². The Bertz CT molecular complexity index is 1210. The molecule has 0 aromatic heterocycles. The average molecular weight is 521 g/mol. The van der Waals surface area contributed by atoms with Gasteiger partial charge in [0.25, 0.3) is 5.91 Å². The van der Waals surface area contributed by atoms with Crippen molar-refractivity contribution < 1.29 is 23.9 Å². The van der Waals surface area contributed by atoms with Crippen LogP contribution in [0.2, 0.25) is 0 Å². The molecule has 0 unspecified atom stereocenters. The lowest BCUT2D eigenvalue weighted by molar-refractivity contribution is -0.130. The number of fused-ring (bicyclic) bond motifs is 5. The van der Waals surface area contributed by atoms with Gasteiger partial charge in [-0.3, -0.25) is 19.3 Å². The van der Waals surface area contributed by atoms with Gasteiger partial charge in [0.1, 0.15) is 11.5 Å². The molecule has 3 aliphatic rings. The van der Waals surface area contributed by atoms with Crippen molar-refractivity contribution in [3.63, 3.8) is 0 Å². The van der Waals surface area contributed by atoms with E-state index in [-0.39, 0.29) is 36.4 Å². The van der Waals surface area contributed by atoms with E-state index >= 15 is 0 Å². The Kier molecular flexibility index (Phi) is 7.67. The van der Waals surface area contributed by atoms with Crippen molar-refractivity contribution >= 4 is 17.7 Å². The molecular formula is C29H36N4O5. The number of nitrogens with one attached hydrogen (secondary N) is 1. The van der Waals surface area contributed by atoms with Crippen LogP contribution in [0.1, 0.15) is 41.3 Å². The highest BCUT2D eigenvalue weighted by molar-refractivity contribution is 5.96. The summed E-state index contributed by atoms with van der Waals surface area (Å²) in [5.41, 5.74) is 2.35. The second-order valence-electron chi connectivity index (χ2n) is 10.6. The number of benzene rings is 2. The van der Waals surface area contributed by atoms with Gasteiger partial charge in [0.05, 0.1) is 25.3 Å². The lowest BCUT2D eigenvalue weighted by Crippen LogP contribution is -2.48. The van der Waals surface area contributed by atoms with Gasteiger partial charge in [-0.1, -0.05) is 18.2 Å². The van der Waals surface area contributed by atoms with Crippen molar-refractivity contribution in [2.24, 2.45) is 0 Å². The summed E-state index contributed by atoms with van der Waals surface area (Å²) in [5, 5.41) is 3.14. The predicted octanol–water partition coefficient (Wildman–Crippen LogP) is 2.57. The van der Waals surface area contributed by atoms with Crippen LogP contribution in [0.5, 0.6) is 11.5 Å². The highest BCUT2D eigenvalue weighted by Crippen LogP contribution is 2.29. The first-order valence-electron chi connectivity index (χ1n) is 13.3. The maximum atomic E-state index is 13.1. The van der Waals surface area contributed by atoms with Crippen LogP contribution >= 0.6 is 0 Å². The van der Waals surface area contributed by atoms with Gasteiger partial charge in [0.15, 0.2) is 0 Å². The summed E-state index contributed by atoms with van der Waals surface area (Å²) in [6.07, 6.45) is 1.61. The van der Waals surface area contributed by atoms with Crippen LogP contribution in [0.25, 0.3) is 0 Å². The Morgan fingerprint density at radius 1 is 1.05 bits per heavy atom. The van der Waals surface area contributed by atoms with Gasteiger partial charge in [-0.2, -0.15) is 0 Å². The van der Waals surface area contributed by atoms with Gasteiger partial charge in [0, 0.05) is 51.8 Å². The smallest absolute Gasteiger partial charge is 0.254 e. The number of ether oxygens (including phenoxy) is 2. The molecule has 5 rings (SSSR count). The van der Waals surface area contributed by atoms with Gasteiger partial charge in [-0.15, -0.1) is 0 Å². The molecule has 2 aromatic carbocycles. The second kappa shape index (κ2) is 11.1. The van der Waals surface area contributed by atoms with Crippen molar-refractivity contribution in [2.75, 3.05) is 39.8 Å². The summed E-state index contributed by atoms with van der Waals surface area (Å²) in [4.78, 5) is 43.6. The zero-order valence-electron chi connectivity index (χ0n) is 22.3. The van der Waals surface area contributed by atoms with Gasteiger partial charge in [0.2, 0.25) is 11.8 Å². The highest BCUT2D eigenvalue weighted by atomic mass is 16.5. The topological polar surface area (TPSA) is 91.4 Å². The summed E-state index contributed by atoms with van der Waals surface area (Å²) < 4.78 is 12.6. The van der Waals surface area contributed by atoms with Crippen molar-refractivity contribution in [2.45, 2.75) is 51.5 Å². The first kappa shape index (κ1) is 26.2. The third-order valence-corrected chi connectivity index (χ3v) is 7.82. The molecule has 1 N–H and O–H groups in total. The summed E-state index contributed by atoms with van der Waals surface area (Å²) >= 11 is 0. The van der Waals surface area contributed by atoms with Crippen LogP contribution in [0.4, 0.5) is 0 Å². The van der Waals surface area contributed by atoms with E-state index in [0.717, 1.165) is 37.1 Å². The minimum atomic E-state index is -0.246. The molecule has 2 saturated heterocycles. The molecule has 9 nitrogen and oxygen atoms in total. The number of aryl methyl sites for hydroxylation is 1. The number of piperidine rings is 1. The Morgan fingerprint density at radius 2 is 1.84 bits per heavy atom. The number of hydrogen-bond acceptors (Lipinski definition) is 6. The molecule has 2 fully saturated rings. The number of likely N-dealkylation sites (N-methyl/N-ethyl adjacent to an activating group) is 1. The number of hydrogen-bond donors (Lipinski definition) is 1. The van der Waals surface area contributed by atoms with Crippen LogP contribution < -0.4 is 10.1 Å². The molecule has 2 aromatic rings. The van der Waals surface area contributed by atoms with Gasteiger partial charge in [-0.05, 0) is 55.2 Å². The summed E-state index contributed by atoms with van der Waals surface area (Å²) in [5.74, 6) is 0.927. The van der Waals surface area contributed by atoms with Gasteiger partial charge < -0.3 is 24.6 Å². The fraction of sp³-hybridized carbons (Fsp3) is 0.483. The maximum Gasteiger partial charge on any atom is 0.254 e. The second-order valence-corrected chi connectivity index (χ2v) is 10.6. The molecule has 202 valence electrons. The number of likely N-dealkylation sites (tertiary alicyclic amines) is 2. The monoisotopic (exact) mass is 520 g/mol. The minimum absolute atomic E-state index is 0.0534. The summed E-state index contributed by atoms with van der Waals surface area (Å²) in [6, 6.07) is 13.2. The van der Waals surface area contributed by atoms with E-state index in [0.29, 0.717) is 42.8 Å². The molecule has 3 aliphatic heterocycles. The fourth-order valence-corrected chi connectivity index (χ4v) is 5.59. The number of carbonyl (C=O) groups excluding carboxylic acids is 3. The normalized spacial score (nSPS) is 23.6. The summed E-state index contributed by atoms with van der Waals surface area (Å²) in [7, 11) is 1.63. The van der Waals surface area contributed by atoms with E-state index < -0.39 is 0 Å². The molecule has 0 spiro atoms. The molecule has 2 atom stereocenters. The lowest BCUT2D eigenvalue weighted by atomic mass is 10.0. The predicted molar refractivity (Wildman–Crippen MR) is 142 cm³/mol. The largest absolute Gasteiger partial charge is 0.457 e. The van der Waals surface area contributed by atoms with Crippen LogP contribution in [-0.4, -0.2) is 90.4 Å².